The number of benzene rings is 1. The molecule has 0 aromatic heterocycles. The van der Waals surface area contributed by atoms with Crippen molar-refractivity contribution in [2.45, 2.75) is 12.8 Å². The van der Waals surface area contributed by atoms with Crippen LogP contribution in [0.4, 0.5) is 0 Å². The number of carbonyl (C=O) groups is 1. The van der Waals surface area contributed by atoms with Crippen LogP contribution in [0.5, 0.6) is 5.75 Å². The predicted octanol–water partition coefficient (Wildman–Crippen LogP) is 2.42. The second-order valence-electron chi connectivity index (χ2n) is 3.68. The molecular formula is C13H14O3. The van der Waals surface area contributed by atoms with Crippen LogP contribution in [0.1, 0.15) is 18.4 Å². The average Bonchev–Trinajstić information content (AvgIpc) is 2.33. The van der Waals surface area contributed by atoms with E-state index in [1.807, 2.05) is 30.3 Å². The summed E-state index contributed by atoms with van der Waals surface area (Å²) in [5.41, 5.74) is 1.74. The highest BCUT2D eigenvalue weighted by molar-refractivity contribution is 5.94. The fourth-order valence-corrected chi connectivity index (χ4v) is 1.65. The lowest BCUT2D eigenvalue weighted by atomic mass is 10.0. The van der Waals surface area contributed by atoms with Gasteiger partial charge in [-0.2, -0.15) is 0 Å². The van der Waals surface area contributed by atoms with Crippen molar-refractivity contribution in [2.75, 3.05) is 13.7 Å². The van der Waals surface area contributed by atoms with Gasteiger partial charge in [-0.05, 0) is 36.6 Å². The molecule has 1 fully saturated rings. The Balaban J connectivity index is 2.17. The zero-order valence-electron chi connectivity index (χ0n) is 9.23. The maximum atomic E-state index is 11.4. The summed E-state index contributed by atoms with van der Waals surface area (Å²) in [6.07, 6.45) is 3.58. The summed E-state index contributed by atoms with van der Waals surface area (Å²) < 4.78 is 10.0. The van der Waals surface area contributed by atoms with Crippen molar-refractivity contribution < 1.29 is 14.3 Å². The molecule has 1 heterocycles. The summed E-state index contributed by atoms with van der Waals surface area (Å²) in [4.78, 5) is 11.4. The van der Waals surface area contributed by atoms with Crippen molar-refractivity contribution in [3.05, 3.63) is 35.4 Å². The van der Waals surface area contributed by atoms with E-state index in [2.05, 4.69) is 0 Å². The largest absolute Gasteiger partial charge is 0.497 e. The first-order valence-corrected chi connectivity index (χ1v) is 5.31. The molecule has 0 saturated carbocycles. The molecule has 3 nitrogen and oxygen atoms in total. The Hall–Kier alpha value is -1.77. The zero-order chi connectivity index (χ0) is 11.4. The van der Waals surface area contributed by atoms with Crippen LogP contribution in [0.15, 0.2) is 29.8 Å². The first-order chi connectivity index (χ1) is 7.79. The number of ether oxygens (including phenoxy) is 2. The number of carbonyl (C=O) groups excluding carboxylic acids is 1. The molecule has 16 heavy (non-hydrogen) atoms. The summed E-state index contributed by atoms with van der Waals surface area (Å²) in [6.45, 7) is 0.540. The van der Waals surface area contributed by atoms with Gasteiger partial charge in [0.25, 0.3) is 0 Å². The van der Waals surface area contributed by atoms with Crippen LogP contribution in [-0.4, -0.2) is 19.7 Å². The molecule has 0 radical (unpaired) electrons. The Labute approximate surface area is 94.7 Å². The third-order valence-corrected chi connectivity index (χ3v) is 2.54. The van der Waals surface area contributed by atoms with Gasteiger partial charge in [0.1, 0.15) is 5.75 Å². The van der Waals surface area contributed by atoms with Crippen molar-refractivity contribution >= 4 is 12.0 Å². The van der Waals surface area contributed by atoms with Crippen LogP contribution in [0.3, 0.4) is 0 Å². The van der Waals surface area contributed by atoms with E-state index >= 15 is 0 Å². The van der Waals surface area contributed by atoms with Crippen LogP contribution >= 0.6 is 0 Å². The van der Waals surface area contributed by atoms with Gasteiger partial charge in [0.2, 0.25) is 0 Å². The molecule has 1 aliphatic heterocycles. The topological polar surface area (TPSA) is 35.5 Å². The molecule has 1 aliphatic rings. The molecule has 0 spiro atoms. The molecule has 3 heteroatoms. The predicted molar refractivity (Wildman–Crippen MR) is 61.2 cm³/mol. The van der Waals surface area contributed by atoms with Crippen molar-refractivity contribution in [2.24, 2.45) is 0 Å². The molecule has 2 rings (SSSR count). The van der Waals surface area contributed by atoms with Crippen molar-refractivity contribution in [3.63, 3.8) is 0 Å². The number of hydrogen-bond donors (Lipinski definition) is 0. The lowest BCUT2D eigenvalue weighted by molar-refractivity contribution is -0.141. The number of cyclic esters (lactones) is 1. The van der Waals surface area contributed by atoms with E-state index in [9.17, 15) is 4.79 Å². The van der Waals surface area contributed by atoms with Crippen LogP contribution < -0.4 is 4.74 Å². The Kier molecular flexibility index (Phi) is 3.25. The highest BCUT2D eigenvalue weighted by Crippen LogP contribution is 2.19. The minimum absolute atomic E-state index is 0.193. The summed E-state index contributed by atoms with van der Waals surface area (Å²) in [6, 6.07) is 7.60. The summed E-state index contributed by atoms with van der Waals surface area (Å²) >= 11 is 0. The van der Waals surface area contributed by atoms with E-state index in [4.69, 9.17) is 9.47 Å². The first-order valence-electron chi connectivity index (χ1n) is 5.31. The molecule has 0 aliphatic carbocycles. The average molecular weight is 218 g/mol. The third kappa shape index (κ3) is 2.42. The van der Waals surface area contributed by atoms with Crippen molar-refractivity contribution in [1.82, 2.24) is 0 Å². The smallest absolute Gasteiger partial charge is 0.334 e. The third-order valence-electron chi connectivity index (χ3n) is 2.54. The molecule has 1 aromatic rings. The Morgan fingerprint density at radius 3 is 2.69 bits per heavy atom. The molecule has 0 bridgehead atoms. The van der Waals surface area contributed by atoms with Crippen LogP contribution in [0, 0.1) is 0 Å². The van der Waals surface area contributed by atoms with Crippen molar-refractivity contribution in [3.8, 4) is 5.75 Å². The molecule has 0 unspecified atom stereocenters. The lowest BCUT2D eigenvalue weighted by Crippen LogP contribution is -2.15. The highest BCUT2D eigenvalue weighted by Gasteiger charge is 2.15. The van der Waals surface area contributed by atoms with Crippen LogP contribution in [0.25, 0.3) is 6.08 Å². The Morgan fingerprint density at radius 1 is 1.31 bits per heavy atom. The van der Waals surface area contributed by atoms with Gasteiger partial charge in [0, 0.05) is 5.57 Å². The lowest BCUT2D eigenvalue weighted by Gasteiger charge is -2.13. The van der Waals surface area contributed by atoms with Gasteiger partial charge in [-0.3, -0.25) is 0 Å². The molecule has 1 aromatic carbocycles. The van der Waals surface area contributed by atoms with Gasteiger partial charge in [0.15, 0.2) is 0 Å². The number of rotatable bonds is 2. The second kappa shape index (κ2) is 4.84. The van der Waals surface area contributed by atoms with E-state index in [0.717, 1.165) is 29.7 Å². The first kappa shape index (κ1) is 10.7. The van der Waals surface area contributed by atoms with Gasteiger partial charge in [-0.15, -0.1) is 0 Å². The van der Waals surface area contributed by atoms with Gasteiger partial charge < -0.3 is 9.47 Å². The zero-order valence-corrected chi connectivity index (χ0v) is 9.23. The maximum absolute atomic E-state index is 11.4. The van der Waals surface area contributed by atoms with Gasteiger partial charge in [-0.25, -0.2) is 4.79 Å². The highest BCUT2D eigenvalue weighted by atomic mass is 16.5. The Morgan fingerprint density at radius 2 is 2.06 bits per heavy atom. The van der Waals surface area contributed by atoms with E-state index in [-0.39, 0.29) is 5.97 Å². The van der Waals surface area contributed by atoms with E-state index < -0.39 is 0 Å². The fraction of sp³-hybridized carbons (Fsp3) is 0.308. The molecular weight excluding hydrogens is 204 g/mol. The second-order valence-corrected chi connectivity index (χ2v) is 3.68. The summed E-state index contributed by atoms with van der Waals surface area (Å²) in [7, 11) is 1.63. The molecule has 84 valence electrons. The monoisotopic (exact) mass is 218 g/mol. The maximum Gasteiger partial charge on any atom is 0.334 e. The standard InChI is InChI=1S/C13H14O3/c1-15-12-6-4-10(5-7-12)9-11-3-2-8-16-13(11)14/h4-7,9H,2-3,8H2,1H3/b11-9-. The number of hydrogen-bond acceptors (Lipinski definition) is 3. The molecule has 1 saturated heterocycles. The number of methoxy groups -OCH3 is 1. The summed E-state index contributed by atoms with van der Waals surface area (Å²) in [5, 5.41) is 0. The van der Waals surface area contributed by atoms with Gasteiger partial charge in [0.05, 0.1) is 13.7 Å². The van der Waals surface area contributed by atoms with E-state index in [0.29, 0.717) is 6.61 Å². The molecule has 0 amide bonds. The van der Waals surface area contributed by atoms with Crippen LogP contribution in [-0.2, 0) is 9.53 Å². The van der Waals surface area contributed by atoms with Gasteiger partial charge >= 0.3 is 5.97 Å². The minimum Gasteiger partial charge on any atom is -0.497 e. The number of esters is 1. The van der Waals surface area contributed by atoms with E-state index in [1.165, 1.54) is 0 Å². The summed E-state index contributed by atoms with van der Waals surface area (Å²) in [5.74, 6) is 0.621. The molecule has 0 N–H and O–H groups in total. The van der Waals surface area contributed by atoms with Crippen molar-refractivity contribution in [1.29, 1.82) is 0 Å². The van der Waals surface area contributed by atoms with Crippen LogP contribution in [0.2, 0.25) is 0 Å². The normalized spacial score (nSPS) is 18.3. The van der Waals surface area contributed by atoms with E-state index in [1.54, 1.807) is 7.11 Å². The Bertz CT molecular complexity index is 404. The minimum atomic E-state index is -0.193. The quantitative estimate of drug-likeness (QED) is 0.565. The molecule has 0 atom stereocenters. The fourth-order valence-electron chi connectivity index (χ4n) is 1.65. The SMILES string of the molecule is COc1ccc(/C=C2/CCCOC2=O)cc1. The van der Waals surface area contributed by atoms with Gasteiger partial charge in [-0.1, -0.05) is 12.1 Å².